The largest absolute Gasteiger partial charge is 0.497 e. The Bertz CT molecular complexity index is 648. The second kappa shape index (κ2) is 5.80. The first kappa shape index (κ1) is 15.5. The molecule has 2 aromatic rings. The van der Waals surface area contributed by atoms with Crippen LogP contribution < -0.4 is 9.47 Å². The normalized spacial score (nSPS) is 28.6. The smallest absolute Gasteiger partial charge is 0.132 e. The van der Waals surface area contributed by atoms with Gasteiger partial charge in [0.25, 0.3) is 0 Å². The van der Waals surface area contributed by atoms with Crippen LogP contribution in [0.25, 0.3) is 0 Å². The van der Waals surface area contributed by atoms with Gasteiger partial charge >= 0.3 is 0 Å². The molecule has 0 amide bonds. The maximum absolute atomic E-state index is 5.97. The SMILES string of the molecule is COc1ccc(C23CCCC(c4ccc(OC)cc4)(C2)OO3)cc1. The van der Waals surface area contributed by atoms with Crippen LogP contribution in [0.3, 0.4) is 0 Å². The summed E-state index contributed by atoms with van der Waals surface area (Å²) in [5.41, 5.74) is 1.56. The van der Waals surface area contributed by atoms with E-state index in [1.807, 2.05) is 24.3 Å². The van der Waals surface area contributed by atoms with Crippen molar-refractivity contribution in [2.75, 3.05) is 14.2 Å². The predicted molar refractivity (Wildman–Crippen MR) is 90.0 cm³/mol. The van der Waals surface area contributed by atoms with E-state index in [1.165, 1.54) is 0 Å². The first-order valence-electron chi connectivity index (χ1n) is 8.36. The first-order chi connectivity index (χ1) is 11.7. The number of ether oxygens (including phenoxy) is 2. The summed E-state index contributed by atoms with van der Waals surface area (Å²) in [4.78, 5) is 11.9. The van der Waals surface area contributed by atoms with Gasteiger partial charge in [-0.3, -0.25) is 0 Å². The monoisotopic (exact) mass is 326 g/mol. The Balaban J connectivity index is 1.65. The van der Waals surface area contributed by atoms with Gasteiger partial charge in [0.1, 0.15) is 22.7 Å². The molecule has 2 bridgehead atoms. The maximum Gasteiger partial charge on any atom is 0.132 e. The van der Waals surface area contributed by atoms with E-state index >= 15 is 0 Å². The van der Waals surface area contributed by atoms with Gasteiger partial charge in [-0.05, 0) is 54.7 Å². The topological polar surface area (TPSA) is 36.9 Å². The van der Waals surface area contributed by atoms with Crippen molar-refractivity contribution in [1.29, 1.82) is 0 Å². The van der Waals surface area contributed by atoms with Gasteiger partial charge in [0, 0.05) is 6.42 Å². The molecule has 1 heterocycles. The number of hydrogen-bond acceptors (Lipinski definition) is 4. The number of benzene rings is 2. The highest BCUT2D eigenvalue weighted by molar-refractivity contribution is 5.36. The van der Waals surface area contributed by atoms with E-state index in [-0.39, 0.29) is 11.2 Å². The number of rotatable bonds is 4. The van der Waals surface area contributed by atoms with Crippen molar-refractivity contribution in [1.82, 2.24) is 0 Å². The van der Waals surface area contributed by atoms with Crippen LogP contribution in [-0.4, -0.2) is 14.2 Å². The zero-order chi connectivity index (χ0) is 16.6. The van der Waals surface area contributed by atoms with Gasteiger partial charge in [0.15, 0.2) is 0 Å². The Morgan fingerprint density at radius 1 is 0.708 bits per heavy atom. The highest BCUT2D eigenvalue weighted by atomic mass is 17.2. The van der Waals surface area contributed by atoms with Crippen LogP contribution in [0.4, 0.5) is 0 Å². The predicted octanol–water partition coefficient (Wildman–Crippen LogP) is 4.33. The minimum absolute atomic E-state index is 0.371. The van der Waals surface area contributed by atoms with Crippen LogP contribution in [-0.2, 0) is 21.0 Å². The summed E-state index contributed by atoms with van der Waals surface area (Å²) in [6, 6.07) is 16.3. The average molecular weight is 326 g/mol. The Morgan fingerprint density at radius 3 is 1.50 bits per heavy atom. The average Bonchev–Trinajstić information content (AvgIpc) is 2.94. The summed E-state index contributed by atoms with van der Waals surface area (Å²) in [7, 11) is 3.36. The van der Waals surface area contributed by atoms with Gasteiger partial charge in [-0.25, -0.2) is 9.78 Å². The minimum atomic E-state index is -0.371. The summed E-state index contributed by atoms with van der Waals surface area (Å²) in [6.45, 7) is 0. The number of methoxy groups -OCH3 is 2. The van der Waals surface area contributed by atoms with Crippen LogP contribution in [0, 0.1) is 0 Å². The molecule has 4 nitrogen and oxygen atoms in total. The van der Waals surface area contributed by atoms with Gasteiger partial charge in [0.2, 0.25) is 0 Å². The molecule has 0 radical (unpaired) electrons. The molecule has 2 fully saturated rings. The van der Waals surface area contributed by atoms with Crippen LogP contribution in [0.5, 0.6) is 11.5 Å². The minimum Gasteiger partial charge on any atom is -0.497 e. The van der Waals surface area contributed by atoms with Crippen molar-refractivity contribution in [2.24, 2.45) is 0 Å². The Morgan fingerprint density at radius 2 is 1.12 bits per heavy atom. The Kier molecular flexibility index (Phi) is 3.74. The van der Waals surface area contributed by atoms with Gasteiger partial charge in [-0.1, -0.05) is 24.3 Å². The van der Waals surface area contributed by atoms with E-state index < -0.39 is 0 Å². The van der Waals surface area contributed by atoms with E-state index in [4.69, 9.17) is 19.2 Å². The molecule has 1 saturated heterocycles. The summed E-state index contributed by atoms with van der Waals surface area (Å²) >= 11 is 0. The van der Waals surface area contributed by atoms with E-state index in [0.717, 1.165) is 48.3 Å². The zero-order valence-electron chi connectivity index (χ0n) is 14.1. The fraction of sp³-hybridized carbons (Fsp3) is 0.400. The molecule has 1 aliphatic heterocycles. The first-order valence-corrected chi connectivity index (χ1v) is 8.36. The van der Waals surface area contributed by atoms with Crippen molar-refractivity contribution >= 4 is 0 Å². The fourth-order valence-electron chi connectivity index (χ4n) is 3.98. The fourth-order valence-corrected chi connectivity index (χ4v) is 3.98. The second-order valence-corrected chi connectivity index (χ2v) is 6.64. The Hall–Kier alpha value is -2.04. The highest BCUT2D eigenvalue weighted by Gasteiger charge is 2.56. The molecular weight excluding hydrogens is 304 g/mol. The lowest BCUT2D eigenvalue weighted by molar-refractivity contribution is -0.351. The third kappa shape index (κ3) is 2.38. The lowest BCUT2D eigenvalue weighted by atomic mass is 9.70. The van der Waals surface area contributed by atoms with Crippen LogP contribution in [0.15, 0.2) is 48.5 Å². The standard InChI is InChI=1S/C20H22O4/c1-21-17-8-4-15(5-9-17)19-12-3-13-20(14-19,24-23-19)16-6-10-18(22-2)11-7-16/h4-11H,3,12-14H2,1-2H3. The quantitative estimate of drug-likeness (QED) is 0.784. The summed E-state index contributed by atoms with van der Waals surface area (Å²) in [6.07, 6.45) is 3.84. The molecule has 4 heteroatoms. The summed E-state index contributed by atoms with van der Waals surface area (Å²) < 4.78 is 10.5. The lowest BCUT2D eigenvalue weighted by Crippen LogP contribution is -2.34. The van der Waals surface area contributed by atoms with Crippen molar-refractivity contribution in [3.8, 4) is 11.5 Å². The van der Waals surface area contributed by atoms with Gasteiger partial charge in [-0.15, -0.1) is 0 Å². The van der Waals surface area contributed by atoms with Gasteiger partial charge in [-0.2, -0.15) is 0 Å². The molecule has 1 saturated carbocycles. The lowest BCUT2D eigenvalue weighted by Gasteiger charge is -2.34. The van der Waals surface area contributed by atoms with E-state index in [0.29, 0.717) is 0 Å². The maximum atomic E-state index is 5.97. The molecule has 0 aromatic heterocycles. The Labute approximate surface area is 142 Å². The molecule has 126 valence electrons. The number of hydrogen-bond donors (Lipinski definition) is 0. The van der Waals surface area contributed by atoms with Crippen molar-refractivity contribution < 1.29 is 19.2 Å². The molecule has 2 unspecified atom stereocenters. The molecule has 4 rings (SSSR count). The third-order valence-corrected chi connectivity index (χ3v) is 5.33. The summed E-state index contributed by atoms with van der Waals surface area (Å²) in [5, 5.41) is 0. The zero-order valence-corrected chi connectivity index (χ0v) is 14.1. The second-order valence-electron chi connectivity index (χ2n) is 6.64. The molecule has 24 heavy (non-hydrogen) atoms. The van der Waals surface area contributed by atoms with Crippen LogP contribution >= 0.6 is 0 Å². The van der Waals surface area contributed by atoms with E-state index in [2.05, 4.69) is 24.3 Å². The molecular formula is C20H22O4. The third-order valence-electron chi connectivity index (χ3n) is 5.33. The van der Waals surface area contributed by atoms with Crippen molar-refractivity contribution in [3.05, 3.63) is 59.7 Å². The molecule has 2 atom stereocenters. The molecule has 2 aromatic carbocycles. The summed E-state index contributed by atoms with van der Waals surface area (Å²) in [5.74, 6) is 1.71. The number of fused-ring (bicyclic) bond motifs is 2. The van der Waals surface area contributed by atoms with E-state index in [9.17, 15) is 0 Å². The van der Waals surface area contributed by atoms with E-state index in [1.54, 1.807) is 14.2 Å². The molecule has 2 aliphatic rings. The van der Waals surface area contributed by atoms with Crippen LogP contribution in [0.2, 0.25) is 0 Å². The van der Waals surface area contributed by atoms with Crippen LogP contribution in [0.1, 0.15) is 36.8 Å². The highest BCUT2D eigenvalue weighted by Crippen LogP contribution is 2.57. The van der Waals surface area contributed by atoms with Gasteiger partial charge < -0.3 is 9.47 Å². The molecule has 0 N–H and O–H groups in total. The van der Waals surface area contributed by atoms with Crippen molar-refractivity contribution in [2.45, 2.75) is 36.9 Å². The van der Waals surface area contributed by atoms with Crippen molar-refractivity contribution in [3.63, 3.8) is 0 Å². The molecule has 1 aliphatic carbocycles. The molecule has 0 spiro atoms. The van der Waals surface area contributed by atoms with Gasteiger partial charge in [0.05, 0.1) is 14.2 Å².